The summed E-state index contributed by atoms with van der Waals surface area (Å²) in [5, 5.41) is 15.9. The lowest BCUT2D eigenvalue weighted by Gasteiger charge is -2.13. The molecule has 0 aliphatic heterocycles. The van der Waals surface area contributed by atoms with Gasteiger partial charge >= 0.3 is 6.18 Å². The molecule has 9 heteroatoms. The van der Waals surface area contributed by atoms with Gasteiger partial charge in [-0.25, -0.2) is 4.98 Å². The Hall–Kier alpha value is -3.49. The highest BCUT2D eigenvalue weighted by Crippen LogP contribution is 2.43. The van der Waals surface area contributed by atoms with Crippen molar-refractivity contribution in [3.63, 3.8) is 0 Å². The Balaban J connectivity index is 2.16. The van der Waals surface area contributed by atoms with Crippen LogP contribution in [0.15, 0.2) is 36.4 Å². The zero-order valence-corrected chi connectivity index (χ0v) is 14.8. The van der Waals surface area contributed by atoms with Crippen LogP contribution in [0.5, 0.6) is 17.2 Å². The Kier molecular flexibility index (Phi) is 4.02. The normalized spacial score (nSPS) is 11.9. The quantitative estimate of drug-likeness (QED) is 0.539. The van der Waals surface area contributed by atoms with E-state index in [-0.39, 0.29) is 27.9 Å². The van der Waals surface area contributed by atoms with E-state index in [1.807, 2.05) is 0 Å². The third-order valence-electron chi connectivity index (χ3n) is 4.44. The molecule has 2 aromatic heterocycles. The highest BCUT2D eigenvalue weighted by molar-refractivity contribution is 6.12. The molecular formula is C19H14F3N3O3. The monoisotopic (exact) mass is 389 g/mol. The van der Waals surface area contributed by atoms with E-state index in [9.17, 15) is 18.3 Å². The fourth-order valence-corrected chi connectivity index (χ4v) is 3.16. The van der Waals surface area contributed by atoms with Gasteiger partial charge in [-0.15, -0.1) is 0 Å². The van der Waals surface area contributed by atoms with E-state index < -0.39 is 11.9 Å². The molecule has 6 nitrogen and oxygen atoms in total. The molecule has 0 saturated carbocycles. The fraction of sp³-hybridized carbons (Fsp3) is 0.158. The van der Waals surface area contributed by atoms with Crippen LogP contribution in [0.2, 0.25) is 0 Å². The van der Waals surface area contributed by atoms with Crippen molar-refractivity contribution in [3.8, 4) is 28.5 Å². The van der Waals surface area contributed by atoms with Crippen molar-refractivity contribution in [1.29, 1.82) is 0 Å². The maximum Gasteiger partial charge on any atom is 0.433 e. The summed E-state index contributed by atoms with van der Waals surface area (Å²) < 4.78 is 51.0. The number of hydrogen-bond acceptors (Lipinski definition) is 5. The van der Waals surface area contributed by atoms with Gasteiger partial charge < -0.3 is 14.6 Å². The maximum atomic E-state index is 13.5. The summed E-state index contributed by atoms with van der Waals surface area (Å²) in [6.07, 6.45) is -4.63. The van der Waals surface area contributed by atoms with E-state index in [1.54, 1.807) is 18.2 Å². The van der Waals surface area contributed by atoms with Crippen molar-refractivity contribution in [3.05, 3.63) is 42.1 Å². The summed E-state index contributed by atoms with van der Waals surface area (Å²) in [6, 6.07) is 9.25. The Morgan fingerprint density at radius 3 is 2.14 bits per heavy atom. The van der Waals surface area contributed by atoms with E-state index in [2.05, 4.69) is 15.2 Å². The average Bonchev–Trinajstić information content (AvgIpc) is 3.11. The second kappa shape index (κ2) is 6.29. The smallest absolute Gasteiger partial charge is 0.433 e. The molecule has 0 saturated heterocycles. The van der Waals surface area contributed by atoms with Crippen LogP contribution >= 0.6 is 0 Å². The highest BCUT2D eigenvalue weighted by Gasteiger charge is 2.36. The number of nitrogens with zero attached hydrogens (tertiary/aromatic N) is 2. The van der Waals surface area contributed by atoms with Crippen LogP contribution < -0.4 is 9.47 Å². The topological polar surface area (TPSA) is 80.3 Å². The second-order valence-electron chi connectivity index (χ2n) is 6.06. The first-order valence-corrected chi connectivity index (χ1v) is 8.14. The third kappa shape index (κ3) is 2.75. The molecule has 0 radical (unpaired) electrons. The fourth-order valence-electron chi connectivity index (χ4n) is 3.16. The van der Waals surface area contributed by atoms with Crippen LogP contribution in [-0.4, -0.2) is 34.5 Å². The van der Waals surface area contributed by atoms with Gasteiger partial charge in [0, 0.05) is 16.3 Å². The molecule has 0 spiro atoms. The number of rotatable bonds is 3. The minimum absolute atomic E-state index is 0.0625. The van der Waals surface area contributed by atoms with Gasteiger partial charge in [-0.1, -0.05) is 0 Å². The number of fused-ring (bicyclic) bond motifs is 3. The molecule has 2 heterocycles. The van der Waals surface area contributed by atoms with Crippen LogP contribution in [0.3, 0.4) is 0 Å². The zero-order valence-electron chi connectivity index (χ0n) is 14.8. The minimum Gasteiger partial charge on any atom is -0.508 e. The lowest BCUT2D eigenvalue weighted by molar-refractivity contribution is -0.139. The van der Waals surface area contributed by atoms with Gasteiger partial charge in [0.2, 0.25) is 0 Å². The molecule has 4 aromatic rings. The second-order valence-corrected chi connectivity index (χ2v) is 6.06. The molecule has 4 rings (SSSR count). The van der Waals surface area contributed by atoms with Gasteiger partial charge in [0.25, 0.3) is 0 Å². The molecular weight excluding hydrogens is 375 g/mol. The first-order valence-electron chi connectivity index (χ1n) is 8.14. The van der Waals surface area contributed by atoms with Gasteiger partial charge in [-0.05, 0) is 36.4 Å². The molecule has 2 aromatic carbocycles. The van der Waals surface area contributed by atoms with E-state index in [1.165, 1.54) is 32.4 Å². The van der Waals surface area contributed by atoms with Crippen LogP contribution in [-0.2, 0) is 6.18 Å². The predicted molar refractivity (Wildman–Crippen MR) is 96.6 cm³/mol. The number of aromatic hydroxyl groups is 1. The van der Waals surface area contributed by atoms with Crippen molar-refractivity contribution in [2.75, 3.05) is 14.2 Å². The number of halogens is 3. The number of nitrogens with one attached hydrogen (secondary N) is 1. The largest absolute Gasteiger partial charge is 0.508 e. The molecule has 0 aliphatic rings. The zero-order chi connectivity index (χ0) is 20.1. The summed E-state index contributed by atoms with van der Waals surface area (Å²) in [5.74, 6) is 0.703. The average molecular weight is 389 g/mol. The van der Waals surface area contributed by atoms with Gasteiger partial charge in [-0.3, -0.25) is 5.10 Å². The van der Waals surface area contributed by atoms with Crippen molar-refractivity contribution in [1.82, 2.24) is 15.2 Å². The molecule has 0 fully saturated rings. The van der Waals surface area contributed by atoms with Crippen LogP contribution in [0.25, 0.3) is 33.1 Å². The summed E-state index contributed by atoms with van der Waals surface area (Å²) >= 11 is 0. The van der Waals surface area contributed by atoms with Gasteiger partial charge in [0.05, 0.1) is 25.3 Å². The number of alkyl halides is 3. The van der Waals surface area contributed by atoms with E-state index in [0.29, 0.717) is 22.4 Å². The lowest BCUT2D eigenvalue weighted by atomic mass is 10.00. The first-order chi connectivity index (χ1) is 13.3. The molecule has 0 aliphatic carbocycles. The van der Waals surface area contributed by atoms with Crippen molar-refractivity contribution in [2.24, 2.45) is 0 Å². The Morgan fingerprint density at radius 2 is 1.57 bits per heavy atom. The third-order valence-corrected chi connectivity index (χ3v) is 4.44. The molecule has 0 bridgehead atoms. The standard InChI is InChI=1S/C19H14F3N3O3/c1-27-13-7-11-12(8-14(13)28-2)16(9-3-5-10(26)6-4-9)23-18-15(11)17(24-25-18)19(20,21)22/h3-8,26H,1-2H3,(H,23,24,25). The van der Waals surface area contributed by atoms with Gasteiger partial charge in [-0.2, -0.15) is 18.3 Å². The Bertz CT molecular complexity index is 1180. The number of phenolic OH excluding ortho intramolecular Hbond substituents is 1. The number of methoxy groups -OCH3 is 2. The maximum absolute atomic E-state index is 13.5. The number of aromatic nitrogens is 3. The van der Waals surface area contributed by atoms with Crippen molar-refractivity contribution in [2.45, 2.75) is 6.18 Å². The summed E-state index contributed by atoms with van der Waals surface area (Å²) in [7, 11) is 2.85. The SMILES string of the molecule is COc1cc2c(-c3ccc(O)cc3)nc3n[nH]c(C(F)(F)F)c3c2cc1OC. The number of pyridine rings is 1. The number of aromatic amines is 1. The number of hydrogen-bond donors (Lipinski definition) is 2. The molecule has 28 heavy (non-hydrogen) atoms. The molecule has 0 atom stereocenters. The number of H-pyrrole nitrogens is 1. The Labute approximate surface area is 156 Å². The van der Waals surface area contributed by atoms with E-state index in [4.69, 9.17) is 9.47 Å². The predicted octanol–water partition coefficient (Wildman–Crippen LogP) is 4.52. The van der Waals surface area contributed by atoms with Crippen LogP contribution in [0, 0.1) is 0 Å². The van der Waals surface area contributed by atoms with Crippen LogP contribution in [0.4, 0.5) is 13.2 Å². The van der Waals surface area contributed by atoms with E-state index in [0.717, 1.165) is 0 Å². The van der Waals surface area contributed by atoms with Crippen molar-refractivity contribution < 1.29 is 27.8 Å². The number of phenols is 1. The highest BCUT2D eigenvalue weighted by atomic mass is 19.4. The van der Waals surface area contributed by atoms with E-state index >= 15 is 0 Å². The van der Waals surface area contributed by atoms with Gasteiger partial charge in [0.1, 0.15) is 11.4 Å². The van der Waals surface area contributed by atoms with Gasteiger partial charge in [0.15, 0.2) is 17.1 Å². The lowest BCUT2D eigenvalue weighted by Crippen LogP contribution is -2.06. The molecule has 0 unspecified atom stereocenters. The summed E-state index contributed by atoms with van der Waals surface area (Å²) in [5.41, 5.74) is -0.0447. The minimum atomic E-state index is -4.63. The molecule has 0 amide bonds. The molecule has 144 valence electrons. The number of ether oxygens (including phenoxy) is 2. The van der Waals surface area contributed by atoms with Crippen LogP contribution in [0.1, 0.15) is 5.69 Å². The van der Waals surface area contributed by atoms with Crippen molar-refractivity contribution >= 4 is 21.8 Å². The molecule has 2 N–H and O–H groups in total. The Morgan fingerprint density at radius 1 is 0.964 bits per heavy atom. The number of benzene rings is 2. The first kappa shape index (κ1) is 17.9. The summed E-state index contributed by atoms with van der Waals surface area (Å²) in [4.78, 5) is 4.35. The summed E-state index contributed by atoms with van der Waals surface area (Å²) in [6.45, 7) is 0.